The molecule has 8 heteroatoms. The fraction of sp³-hybridized carbons (Fsp3) is 0.333. The Morgan fingerprint density at radius 3 is 3.00 bits per heavy atom. The quantitative estimate of drug-likeness (QED) is 0.671. The van der Waals surface area contributed by atoms with Crippen molar-refractivity contribution in [3.8, 4) is 0 Å². The van der Waals surface area contributed by atoms with Crippen molar-refractivity contribution < 1.29 is 14.1 Å². The van der Waals surface area contributed by atoms with Crippen LogP contribution in [0.5, 0.6) is 0 Å². The maximum absolute atomic E-state index is 11.8. The predicted octanol–water partition coefficient (Wildman–Crippen LogP) is 1.38. The molecule has 1 N–H and O–H groups in total. The molecule has 0 spiro atoms. The minimum Gasteiger partial charge on any atom is -0.423 e. The average Bonchev–Trinajstić information content (AvgIpc) is 2.96. The molecular formula is C12H12N4O4. The molecule has 1 aromatic carbocycles. The van der Waals surface area contributed by atoms with E-state index in [4.69, 9.17) is 4.42 Å². The van der Waals surface area contributed by atoms with Gasteiger partial charge in [-0.3, -0.25) is 14.9 Å². The number of para-hydroxylation sites is 1. The standard InChI is InChI=1S/C12H12N4O4/c1-15-6-5-7(11(15)17)13-12-14-10-8(16(18)19)3-2-4-9(10)20-12/h2-4,7H,5-6H2,1H3,(H,13,14). The van der Waals surface area contributed by atoms with E-state index in [-0.39, 0.29) is 23.1 Å². The van der Waals surface area contributed by atoms with E-state index in [9.17, 15) is 14.9 Å². The SMILES string of the molecule is CN1CCC(Nc2nc3c([N+](=O)[O-])cccc3o2)C1=O. The zero-order valence-electron chi connectivity index (χ0n) is 10.7. The second-order valence-corrected chi connectivity index (χ2v) is 4.65. The number of rotatable bonds is 3. The second-order valence-electron chi connectivity index (χ2n) is 4.65. The second kappa shape index (κ2) is 4.48. The largest absolute Gasteiger partial charge is 0.423 e. The lowest BCUT2D eigenvalue weighted by Gasteiger charge is -2.09. The number of amides is 1. The summed E-state index contributed by atoms with van der Waals surface area (Å²) in [5.74, 6) is -0.0400. The van der Waals surface area contributed by atoms with Gasteiger partial charge in [0.15, 0.2) is 11.1 Å². The van der Waals surface area contributed by atoms with Crippen molar-refractivity contribution >= 4 is 28.7 Å². The summed E-state index contributed by atoms with van der Waals surface area (Å²) in [6.07, 6.45) is 0.649. The summed E-state index contributed by atoms with van der Waals surface area (Å²) in [6.45, 7) is 0.664. The highest BCUT2D eigenvalue weighted by Gasteiger charge is 2.30. The lowest BCUT2D eigenvalue weighted by molar-refractivity contribution is -0.383. The number of nitro groups is 1. The summed E-state index contributed by atoms with van der Waals surface area (Å²) in [5.41, 5.74) is 0.383. The molecule has 1 aliphatic rings. The highest BCUT2D eigenvalue weighted by molar-refractivity contribution is 5.87. The number of non-ortho nitro benzene ring substituents is 1. The third-order valence-electron chi connectivity index (χ3n) is 3.32. The number of oxazole rings is 1. The summed E-state index contributed by atoms with van der Waals surface area (Å²) >= 11 is 0. The number of hydrogen-bond acceptors (Lipinski definition) is 6. The molecule has 2 heterocycles. The van der Waals surface area contributed by atoms with Gasteiger partial charge in [0, 0.05) is 19.7 Å². The van der Waals surface area contributed by atoms with Crippen LogP contribution in [0.4, 0.5) is 11.7 Å². The number of carbonyl (C=O) groups is 1. The van der Waals surface area contributed by atoms with Gasteiger partial charge in [-0.15, -0.1) is 0 Å². The highest BCUT2D eigenvalue weighted by atomic mass is 16.6. The first kappa shape index (κ1) is 12.4. The van der Waals surface area contributed by atoms with Gasteiger partial charge in [0.1, 0.15) is 6.04 Å². The molecule has 2 aromatic rings. The third-order valence-corrected chi connectivity index (χ3v) is 3.32. The van der Waals surface area contributed by atoms with Crippen molar-refractivity contribution in [3.63, 3.8) is 0 Å². The molecule has 1 aliphatic heterocycles. The van der Waals surface area contributed by atoms with Crippen LogP contribution in [0.3, 0.4) is 0 Å². The topological polar surface area (TPSA) is 102 Å². The Hall–Kier alpha value is -2.64. The van der Waals surface area contributed by atoms with Gasteiger partial charge in [-0.05, 0) is 12.5 Å². The minimum atomic E-state index is -0.511. The van der Waals surface area contributed by atoms with Crippen LogP contribution in [0.1, 0.15) is 6.42 Å². The van der Waals surface area contributed by atoms with Crippen LogP contribution in [-0.2, 0) is 4.79 Å². The van der Waals surface area contributed by atoms with Crippen molar-refractivity contribution in [2.75, 3.05) is 18.9 Å². The van der Waals surface area contributed by atoms with E-state index in [0.29, 0.717) is 18.5 Å². The summed E-state index contributed by atoms with van der Waals surface area (Å²) in [6, 6.07) is 4.23. The maximum Gasteiger partial charge on any atom is 0.298 e. The number of nitro benzene ring substituents is 1. The van der Waals surface area contributed by atoms with Crippen molar-refractivity contribution in [2.24, 2.45) is 0 Å². The number of benzene rings is 1. The highest BCUT2D eigenvalue weighted by Crippen LogP contribution is 2.28. The number of aromatic nitrogens is 1. The van der Waals surface area contributed by atoms with Crippen molar-refractivity contribution in [2.45, 2.75) is 12.5 Å². The normalized spacial score (nSPS) is 18.8. The van der Waals surface area contributed by atoms with E-state index in [2.05, 4.69) is 10.3 Å². The van der Waals surface area contributed by atoms with E-state index < -0.39 is 11.0 Å². The summed E-state index contributed by atoms with van der Waals surface area (Å²) < 4.78 is 5.41. The Labute approximate surface area is 113 Å². The molecule has 8 nitrogen and oxygen atoms in total. The fourth-order valence-corrected chi connectivity index (χ4v) is 2.25. The van der Waals surface area contributed by atoms with Crippen molar-refractivity contribution in [1.82, 2.24) is 9.88 Å². The van der Waals surface area contributed by atoms with Gasteiger partial charge in [0.25, 0.3) is 11.7 Å². The van der Waals surface area contributed by atoms with Crippen LogP contribution in [0.2, 0.25) is 0 Å². The van der Waals surface area contributed by atoms with Crippen LogP contribution in [0.15, 0.2) is 22.6 Å². The number of nitrogens with zero attached hydrogens (tertiary/aromatic N) is 3. The van der Waals surface area contributed by atoms with Gasteiger partial charge >= 0.3 is 0 Å². The predicted molar refractivity (Wildman–Crippen MR) is 70.3 cm³/mol. The number of fused-ring (bicyclic) bond motifs is 1. The maximum atomic E-state index is 11.8. The van der Waals surface area contributed by atoms with Gasteiger partial charge < -0.3 is 14.6 Å². The number of likely N-dealkylation sites (tertiary alicyclic amines) is 1. The molecule has 0 bridgehead atoms. The zero-order valence-corrected chi connectivity index (χ0v) is 10.7. The first-order valence-corrected chi connectivity index (χ1v) is 6.12. The van der Waals surface area contributed by atoms with Gasteiger partial charge in [-0.1, -0.05) is 6.07 Å². The van der Waals surface area contributed by atoms with E-state index in [0.717, 1.165) is 0 Å². The van der Waals surface area contributed by atoms with E-state index >= 15 is 0 Å². The Bertz CT molecular complexity index is 696. The van der Waals surface area contributed by atoms with Crippen LogP contribution in [0, 0.1) is 10.1 Å². The van der Waals surface area contributed by atoms with Crippen molar-refractivity contribution in [3.05, 3.63) is 28.3 Å². The molecule has 20 heavy (non-hydrogen) atoms. The first-order chi connectivity index (χ1) is 9.56. The van der Waals surface area contributed by atoms with Crippen LogP contribution in [-0.4, -0.2) is 40.3 Å². The summed E-state index contributed by atoms with van der Waals surface area (Å²) in [5, 5.41) is 13.8. The number of carbonyl (C=O) groups excluding carboxylic acids is 1. The number of hydrogen-bond donors (Lipinski definition) is 1. The first-order valence-electron chi connectivity index (χ1n) is 6.12. The van der Waals surface area contributed by atoms with Crippen LogP contribution in [0.25, 0.3) is 11.1 Å². The Balaban J connectivity index is 1.92. The summed E-state index contributed by atoms with van der Waals surface area (Å²) in [4.78, 5) is 27.9. The van der Waals surface area contributed by atoms with Crippen LogP contribution >= 0.6 is 0 Å². The van der Waals surface area contributed by atoms with E-state index in [1.165, 1.54) is 12.1 Å². The molecule has 1 aromatic heterocycles. The molecular weight excluding hydrogens is 264 g/mol. The molecule has 1 saturated heterocycles. The minimum absolute atomic E-state index is 0.0400. The lowest BCUT2D eigenvalue weighted by Crippen LogP contribution is -2.30. The average molecular weight is 276 g/mol. The van der Waals surface area contributed by atoms with E-state index in [1.54, 1.807) is 18.0 Å². The zero-order chi connectivity index (χ0) is 14.3. The number of likely N-dealkylation sites (N-methyl/N-ethyl adjacent to an activating group) is 1. The van der Waals surface area contributed by atoms with E-state index in [1.807, 2.05) is 0 Å². The fourth-order valence-electron chi connectivity index (χ4n) is 2.25. The van der Waals surface area contributed by atoms with Gasteiger partial charge in [-0.25, -0.2) is 0 Å². The number of nitrogens with one attached hydrogen (secondary N) is 1. The smallest absolute Gasteiger partial charge is 0.298 e. The Kier molecular flexibility index (Phi) is 2.78. The molecule has 104 valence electrons. The van der Waals surface area contributed by atoms with Gasteiger partial charge in [0.2, 0.25) is 5.91 Å². The summed E-state index contributed by atoms with van der Waals surface area (Å²) in [7, 11) is 1.72. The molecule has 1 unspecified atom stereocenters. The molecule has 0 aliphatic carbocycles. The van der Waals surface area contributed by atoms with Crippen molar-refractivity contribution in [1.29, 1.82) is 0 Å². The Morgan fingerprint density at radius 1 is 1.55 bits per heavy atom. The van der Waals surface area contributed by atoms with Gasteiger partial charge in [-0.2, -0.15) is 4.98 Å². The Morgan fingerprint density at radius 2 is 2.35 bits per heavy atom. The molecule has 1 amide bonds. The monoisotopic (exact) mass is 276 g/mol. The third kappa shape index (κ3) is 1.94. The molecule has 3 rings (SSSR count). The van der Waals surface area contributed by atoms with Gasteiger partial charge in [0.05, 0.1) is 4.92 Å². The number of anilines is 1. The molecule has 0 radical (unpaired) electrons. The molecule has 1 atom stereocenters. The lowest BCUT2D eigenvalue weighted by atomic mass is 10.2. The molecule has 1 fully saturated rings. The van der Waals surface area contributed by atoms with Crippen LogP contribution < -0.4 is 5.32 Å². The molecule has 0 saturated carbocycles.